The van der Waals surface area contributed by atoms with Crippen molar-refractivity contribution >= 4 is 45.4 Å². The number of aromatic nitrogens is 2. The van der Waals surface area contributed by atoms with Crippen LogP contribution in [0.1, 0.15) is 5.69 Å². The Kier molecular flexibility index (Phi) is 4.60. The molecular weight excluding hydrogens is 386 g/mol. The summed E-state index contributed by atoms with van der Waals surface area (Å²) in [5, 5.41) is 0.507. The van der Waals surface area contributed by atoms with Gasteiger partial charge in [0.05, 0.1) is 22.0 Å². The van der Waals surface area contributed by atoms with Gasteiger partial charge in [0.15, 0.2) is 5.16 Å². The molecule has 0 saturated heterocycles. The minimum absolute atomic E-state index is 0.0817. The average molecular weight is 398 g/mol. The second-order valence-corrected chi connectivity index (χ2v) is 7.60. The summed E-state index contributed by atoms with van der Waals surface area (Å²) in [4.78, 5) is 29.1. The van der Waals surface area contributed by atoms with Crippen LogP contribution in [0.3, 0.4) is 0 Å². The quantitative estimate of drug-likeness (QED) is 0.631. The fourth-order valence-corrected chi connectivity index (χ4v) is 4.20. The molecule has 1 aliphatic rings. The first-order chi connectivity index (χ1) is 10.6. The number of fused-ring (bicyclic) bond motifs is 1. The Labute approximate surface area is 143 Å². The van der Waals surface area contributed by atoms with Crippen molar-refractivity contribution in [2.24, 2.45) is 5.73 Å². The first kappa shape index (κ1) is 15.6. The zero-order valence-electron chi connectivity index (χ0n) is 11.4. The Balaban J connectivity index is 2.15. The van der Waals surface area contributed by atoms with Crippen LogP contribution < -0.4 is 11.3 Å². The lowest BCUT2D eigenvalue weighted by molar-refractivity contribution is -0.115. The average Bonchev–Trinajstić information content (AvgIpc) is 2.95. The monoisotopic (exact) mass is 397 g/mol. The van der Waals surface area contributed by atoms with Crippen molar-refractivity contribution in [2.45, 2.75) is 16.5 Å². The van der Waals surface area contributed by atoms with Crippen molar-refractivity contribution in [3.8, 4) is 5.69 Å². The van der Waals surface area contributed by atoms with Gasteiger partial charge < -0.3 is 5.73 Å². The maximum Gasteiger partial charge on any atom is 0.272 e. The smallest absolute Gasteiger partial charge is 0.272 e. The van der Waals surface area contributed by atoms with Gasteiger partial charge in [0.1, 0.15) is 0 Å². The highest BCUT2D eigenvalue weighted by Gasteiger charge is 2.22. The number of aryl methyl sites for hydroxylation is 1. The Morgan fingerprint density at radius 1 is 1.41 bits per heavy atom. The van der Waals surface area contributed by atoms with E-state index in [0.717, 1.165) is 28.0 Å². The molecule has 0 spiro atoms. The van der Waals surface area contributed by atoms with E-state index in [9.17, 15) is 9.59 Å². The standard InChI is InChI=1S/C14H12BrN3O2S2/c15-8-1-3-9(4-2-8)18-13(20)12-10(5-6-21-12)17-14(18)22-7-11(16)19/h1-4H,5-7H2,(H2,16,19). The molecule has 8 heteroatoms. The molecule has 1 aliphatic heterocycles. The van der Waals surface area contributed by atoms with Gasteiger partial charge in [-0.1, -0.05) is 27.7 Å². The predicted molar refractivity (Wildman–Crippen MR) is 91.9 cm³/mol. The number of amides is 1. The summed E-state index contributed by atoms with van der Waals surface area (Å²) in [5.74, 6) is 0.521. The van der Waals surface area contributed by atoms with E-state index in [-0.39, 0.29) is 11.3 Å². The molecule has 0 saturated carbocycles. The largest absolute Gasteiger partial charge is 0.369 e. The molecule has 114 valence electrons. The number of rotatable bonds is 4. The van der Waals surface area contributed by atoms with Crippen LogP contribution in [0.2, 0.25) is 0 Å². The third-order valence-corrected chi connectivity index (χ3v) is 5.69. The molecule has 3 rings (SSSR count). The minimum atomic E-state index is -0.434. The number of carbonyl (C=O) groups excluding carboxylic acids is 1. The predicted octanol–water partition coefficient (Wildman–Crippen LogP) is 2.22. The van der Waals surface area contributed by atoms with Gasteiger partial charge in [-0.2, -0.15) is 0 Å². The van der Waals surface area contributed by atoms with Crippen LogP contribution in [0.4, 0.5) is 0 Å². The molecule has 0 unspecified atom stereocenters. The highest BCUT2D eigenvalue weighted by Crippen LogP contribution is 2.30. The van der Waals surface area contributed by atoms with Gasteiger partial charge in [-0.3, -0.25) is 14.2 Å². The van der Waals surface area contributed by atoms with Crippen LogP contribution in [-0.4, -0.2) is 27.0 Å². The summed E-state index contributed by atoms with van der Waals surface area (Å²) in [5.41, 5.74) is 6.67. The normalized spacial score (nSPS) is 13.1. The SMILES string of the molecule is NC(=O)CSc1nc2c(c(=O)n1-c1ccc(Br)cc1)SCC2. The number of halogens is 1. The lowest BCUT2D eigenvalue weighted by Crippen LogP contribution is -2.24. The lowest BCUT2D eigenvalue weighted by atomic mass is 10.3. The molecule has 2 N–H and O–H groups in total. The van der Waals surface area contributed by atoms with Crippen molar-refractivity contribution < 1.29 is 4.79 Å². The number of nitrogens with zero attached hydrogens (tertiary/aromatic N) is 2. The van der Waals surface area contributed by atoms with Crippen LogP contribution in [-0.2, 0) is 11.2 Å². The molecule has 0 atom stereocenters. The highest BCUT2D eigenvalue weighted by atomic mass is 79.9. The van der Waals surface area contributed by atoms with Crippen molar-refractivity contribution in [2.75, 3.05) is 11.5 Å². The number of nitrogens with two attached hydrogens (primary N) is 1. The maximum atomic E-state index is 12.8. The summed E-state index contributed by atoms with van der Waals surface area (Å²) in [7, 11) is 0. The zero-order valence-corrected chi connectivity index (χ0v) is 14.6. The van der Waals surface area contributed by atoms with Crippen LogP contribution >= 0.6 is 39.5 Å². The summed E-state index contributed by atoms with van der Waals surface area (Å²) >= 11 is 6.11. The Bertz CT molecular complexity index is 790. The molecule has 1 aromatic heterocycles. The van der Waals surface area contributed by atoms with E-state index in [1.165, 1.54) is 23.5 Å². The molecule has 2 heterocycles. The third-order valence-electron chi connectivity index (χ3n) is 3.09. The highest BCUT2D eigenvalue weighted by molar-refractivity contribution is 9.10. The number of thioether (sulfide) groups is 2. The lowest BCUT2D eigenvalue weighted by Gasteiger charge is -2.13. The van der Waals surface area contributed by atoms with Gasteiger partial charge in [-0.15, -0.1) is 11.8 Å². The first-order valence-electron chi connectivity index (χ1n) is 6.52. The maximum absolute atomic E-state index is 12.8. The molecule has 5 nitrogen and oxygen atoms in total. The molecule has 2 aromatic rings. The second-order valence-electron chi connectivity index (χ2n) is 4.64. The van der Waals surface area contributed by atoms with Gasteiger partial charge in [0, 0.05) is 16.6 Å². The summed E-state index contributed by atoms with van der Waals surface area (Å²) in [6.45, 7) is 0. The van der Waals surface area contributed by atoms with E-state index < -0.39 is 5.91 Å². The number of hydrogen-bond acceptors (Lipinski definition) is 5. The molecule has 0 fully saturated rings. The van der Waals surface area contributed by atoms with Crippen LogP contribution in [0.5, 0.6) is 0 Å². The molecule has 0 aliphatic carbocycles. The summed E-state index contributed by atoms with van der Waals surface area (Å²) < 4.78 is 2.48. The van der Waals surface area contributed by atoms with E-state index in [0.29, 0.717) is 10.1 Å². The molecule has 1 amide bonds. The number of benzene rings is 1. The fourth-order valence-electron chi connectivity index (χ4n) is 2.14. The zero-order chi connectivity index (χ0) is 15.7. The van der Waals surface area contributed by atoms with Crippen molar-refractivity contribution in [1.29, 1.82) is 0 Å². The van der Waals surface area contributed by atoms with E-state index in [2.05, 4.69) is 20.9 Å². The number of carbonyl (C=O) groups is 1. The fraction of sp³-hybridized carbons (Fsp3) is 0.214. The summed E-state index contributed by atoms with van der Waals surface area (Å²) in [6.07, 6.45) is 0.778. The summed E-state index contributed by atoms with van der Waals surface area (Å²) in [6, 6.07) is 7.41. The Morgan fingerprint density at radius 2 is 2.14 bits per heavy atom. The van der Waals surface area contributed by atoms with Crippen LogP contribution in [0.25, 0.3) is 5.69 Å². The van der Waals surface area contributed by atoms with Gasteiger partial charge >= 0.3 is 0 Å². The molecule has 1 aromatic carbocycles. The Morgan fingerprint density at radius 3 is 2.82 bits per heavy atom. The van der Waals surface area contributed by atoms with E-state index >= 15 is 0 Å². The molecule has 0 bridgehead atoms. The van der Waals surface area contributed by atoms with Gasteiger partial charge in [0.2, 0.25) is 5.91 Å². The number of hydrogen-bond donors (Lipinski definition) is 1. The van der Waals surface area contributed by atoms with Crippen LogP contribution in [0.15, 0.2) is 43.6 Å². The van der Waals surface area contributed by atoms with E-state index in [4.69, 9.17) is 5.73 Å². The van der Waals surface area contributed by atoms with Gasteiger partial charge in [-0.05, 0) is 24.3 Å². The van der Waals surface area contributed by atoms with Gasteiger partial charge in [-0.25, -0.2) is 4.98 Å². The molecular formula is C14H12BrN3O2S2. The van der Waals surface area contributed by atoms with Crippen molar-refractivity contribution in [3.63, 3.8) is 0 Å². The van der Waals surface area contributed by atoms with Crippen molar-refractivity contribution in [1.82, 2.24) is 9.55 Å². The van der Waals surface area contributed by atoms with E-state index in [1.807, 2.05) is 24.3 Å². The molecule has 0 radical (unpaired) electrons. The van der Waals surface area contributed by atoms with Crippen LogP contribution in [0, 0.1) is 0 Å². The number of primary amides is 1. The van der Waals surface area contributed by atoms with E-state index in [1.54, 1.807) is 4.57 Å². The first-order valence-corrected chi connectivity index (χ1v) is 9.28. The molecule has 22 heavy (non-hydrogen) atoms. The minimum Gasteiger partial charge on any atom is -0.369 e. The second kappa shape index (κ2) is 6.47. The topological polar surface area (TPSA) is 78.0 Å². The van der Waals surface area contributed by atoms with Crippen molar-refractivity contribution in [3.05, 3.63) is 44.8 Å². The third kappa shape index (κ3) is 3.09. The Hall–Kier alpha value is -1.25. The van der Waals surface area contributed by atoms with Gasteiger partial charge in [0.25, 0.3) is 5.56 Å².